The Kier molecular flexibility index (Phi) is 2.61. The van der Waals surface area contributed by atoms with Crippen molar-refractivity contribution in [2.75, 3.05) is 13.2 Å². The largest absolute Gasteiger partial charge is 0.481 e. The van der Waals surface area contributed by atoms with Gasteiger partial charge in [-0.25, -0.2) is 0 Å². The number of nitrogens with two attached hydrogens (primary N) is 2. The van der Waals surface area contributed by atoms with Crippen molar-refractivity contribution in [1.82, 2.24) is 4.90 Å². The van der Waals surface area contributed by atoms with Crippen molar-refractivity contribution in [3.05, 3.63) is 0 Å². The summed E-state index contributed by atoms with van der Waals surface area (Å²) in [5, 5.41) is 17.3. The Bertz CT molecular complexity index is 352. The summed E-state index contributed by atoms with van der Waals surface area (Å²) in [6.45, 7) is -0.674. The second-order valence-electron chi connectivity index (χ2n) is 4.06. The second-order valence-corrected chi connectivity index (χ2v) is 5.32. The number of carbonyl (C=O) groups excluding carboxylic acids is 1. The third-order valence-electron chi connectivity index (χ3n) is 3.17. The minimum atomic E-state index is -1.49. The van der Waals surface area contributed by atoms with Crippen LogP contribution in [0.3, 0.4) is 0 Å². The number of hydrogen-bond acceptors (Lipinski definition) is 6. The summed E-state index contributed by atoms with van der Waals surface area (Å²) in [6, 6.07) is -0.610. The quantitative estimate of drug-likeness (QED) is 0.399. The zero-order chi connectivity index (χ0) is 12.1. The summed E-state index contributed by atoms with van der Waals surface area (Å²) < 4.78 is 0. The third kappa shape index (κ3) is 1.27. The maximum Gasteiger partial charge on any atom is 0.316 e. The first kappa shape index (κ1) is 11.6. The van der Waals surface area contributed by atoms with E-state index < -0.39 is 29.4 Å². The molecular weight excluding hydrogens is 234 g/mol. The number of nitrogens with zero attached hydrogens (tertiary/aromatic N) is 1. The van der Waals surface area contributed by atoms with Gasteiger partial charge in [0, 0.05) is 6.54 Å². The third-order valence-corrected chi connectivity index (χ3v) is 4.74. The Morgan fingerprint density at radius 2 is 2.25 bits per heavy atom. The number of thioether (sulfide) groups is 1. The first-order valence-corrected chi connectivity index (χ1v) is 5.69. The summed E-state index contributed by atoms with van der Waals surface area (Å²) in [5.41, 5.74) is 9.83. The highest BCUT2D eigenvalue weighted by atomic mass is 32.2. The monoisotopic (exact) mass is 247 g/mol. The molecule has 6 N–H and O–H groups in total. The molecule has 0 saturated carbocycles. The van der Waals surface area contributed by atoms with Gasteiger partial charge in [-0.2, -0.15) is 0 Å². The summed E-state index contributed by atoms with van der Waals surface area (Å²) in [7, 11) is 0. The summed E-state index contributed by atoms with van der Waals surface area (Å²) >= 11 is 1.12. The topological polar surface area (TPSA) is 130 Å². The average molecular weight is 247 g/mol. The number of amides is 1. The van der Waals surface area contributed by atoms with Crippen LogP contribution in [0.4, 0.5) is 0 Å². The highest BCUT2D eigenvalue weighted by Gasteiger charge is 2.59. The molecule has 2 heterocycles. The van der Waals surface area contributed by atoms with Crippen molar-refractivity contribution in [2.45, 2.75) is 16.8 Å². The van der Waals surface area contributed by atoms with Gasteiger partial charge >= 0.3 is 5.97 Å². The van der Waals surface area contributed by atoms with Crippen molar-refractivity contribution in [3.8, 4) is 0 Å². The number of aliphatic hydroxyl groups is 1. The minimum absolute atomic E-state index is 0.0792. The van der Waals surface area contributed by atoms with Crippen LogP contribution in [0, 0.1) is 5.41 Å². The smallest absolute Gasteiger partial charge is 0.316 e. The maximum absolute atomic E-state index is 11.4. The fourth-order valence-electron chi connectivity index (χ4n) is 1.95. The maximum atomic E-state index is 11.4. The van der Waals surface area contributed by atoms with E-state index in [-0.39, 0.29) is 17.8 Å². The number of carboxylic acids is 1. The molecule has 0 aromatic rings. The Hall–Kier alpha value is -0.830. The van der Waals surface area contributed by atoms with E-state index in [9.17, 15) is 14.7 Å². The van der Waals surface area contributed by atoms with Crippen molar-refractivity contribution >= 4 is 23.6 Å². The number of aliphatic carboxylic acids is 1. The zero-order valence-electron chi connectivity index (χ0n) is 8.37. The average Bonchev–Trinajstić information content (AvgIpc) is 2.27. The lowest BCUT2D eigenvalue weighted by molar-refractivity contribution is -0.161. The van der Waals surface area contributed by atoms with Crippen LogP contribution in [0.15, 0.2) is 0 Å². The van der Waals surface area contributed by atoms with Gasteiger partial charge < -0.3 is 26.6 Å². The van der Waals surface area contributed by atoms with Crippen molar-refractivity contribution in [2.24, 2.45) is 16.9 Å². The van der Waals surface area contributed by atoms with E-state index in [1.165, 1.54) is 4.90 Å². The molecule has 0 aromatic heterocycles. The molecule has 16 heavy (non-hydrogen) atoms. The van der Waals surface area contributed by atoms with Crippen molar-refractivity contribution in [3.63, 3.8) is 0 Å². The number of carbonyl (C=O) groups is 2. The number of carboxylic acid groups (broad SMARTS) is 1. The predicted molar refractivity (Wildman–Crippen MR) is 56.2 cm³/mol. The van der Waals surface area contributed by atoms with Crippen LogP contribution in [0.1, 0.15) is 0 Å². The van der Waals surface area contributed by atoms with Crippen LogP contribution in [0.2, 0.25) is 0 Å². The normalized spacial score (nSPS) is 42.6. The van der Waals surface area contributed by atoms with Gasteiger partial charge in [0.15, 0.2) is 0 Å². The van der Waals surface area contributed by atoms with E-state index in [0.29, 0.717) is 0 Å². The molecule has 2 saturated heterocycles. The van der Waals surface area contributed by atoms with Gasteiger partial charge in [-0.3, -0.25) is 9.59 Å². The summed E-state index contributed by atoms with van der Waals surface area (Å²) in [5.74, 6) is -1.48. The predicted octanol–water partition coefficient (Wildman–Crippen LogP) is -2.42. The standard InChI is InChI=1S/C8H13N3O4S/c9-3-4(13)11-1-8(2-12,7(14)15)6(10)16-5(3)11/h3,5-6,12H,1-2,9-10H2,(H,14,15)/t3?,5-,6?,8?/m1/s1. The van der Waals surface area contributed by atoms with E-state index in [0.717, 1.165) is 11.8 Å². The van der Waals surface area contributed by atoms with Crippen LogP contribution in [0.5, 0.6) is 0 Å². The minimum Gasteiger partial charge on any atom is -0.481 e. The van der Waals surface area contributed by atoms with Gasteiger partial charge in [-0.1, -0.05) is 0 Å². The molecule has 7 nitrogen and oxygen atoms in total. The van der Waals surface area contributed by atoms with Crippen molar-refractivity contribution in [1.29, 1.82) is 0 Å². The molecular formula is C8H13N3O4S. The van der Waals surface area contributed by atoms with Gasteiger partial charge in [0.05, 0.1) is 12.0 Å². The molecule has 0 radical (unpaired) electrons. The van der Waals surface area contributed by atoms with Crippen LogP contribution in [0.25, 0.3) is 0 Å². The molecule has 90 valence electrons. The van der Waals surface area contributed by atoms with Crippen LogP contribution < -0.4 is 11.5 Å². The molecule has 0 bridgehead atoms. The van der Waals surface area contributed by atoms with Crippen LogP contribution in [-0.2, 0) is 9.59 Å². The number of fused-ring (bicyclic) bond motifs is 1. The Balaban J connectivity index is 2.25. The molecule has 0 aromatic carbocycles. The van der Waals surface area contributed by atoms with E-state index in [1.54, 1.807) is 0 Å². The lowest BCUT2D eigenvalue weighted by Crippen LogP contribution is -2.75. The highest BCUT2D eigenvalue weighted by Crippen LogP contribution is 2.44. The van der Waals surface area contributed by atoms with Crippen LogP contribution >= 0.6 is 11.8 Å². The highest BCUT2D eigenvalue weighted by molar-refractivity contribution is 8.00. The van der Waals surface area contributed by atoms with Crippen LogP contribution in [-0.4, -0.2) is 56.9 Å². The van der Waals surface area contributed by atoms with E-state index in [2.05, 4.69) is 0 Å². The number of aliphatic hydroxyl groups excluding tert-OH is 1. The summed E-state index contributed by atoms with van der Waals surface area (Å²) in [4.78, 5) is 23.9. The fourth-order valence-corrected chi connectivity index (χ4v) is 3.37. The molecule has 2 aliphatic heterocycles. The van der Waals surface area contributed by atoms with E-state index in [4.69, 9.17) is 16.6 Å². The number of rotatable bonds is 2. The first-order valence-electron chi connectivity index (χ1n) is 4.75. The second kappa shape index (κ2) is 3.59. The molecule has 4 atom stereocenters. The lowest BCUT2D eigenvalue weighted by Gasteiger charge is -2.54. The molecule has 0 spiro atoms. The molecule has 3 unspecified atom stereocenters. The number of hydrogen-bond donors (Lipinski definition) is 4. The Labute approximate surface area is 95.8 Å². The SMILES string of the molecule is NC1C(=O)N2CC(CO)(C(=O)O)C(N)S[C@H]12. The molecule has 2 rings (SSSR count). The Morgan fingerprint density at radius 3 is 2.75 bits per heavy atom. The van der Waals surface area contributed by atoms with Gasteiger partial charge in [0.2, 0.25) is 5.91 Å². The Morgan fingerprint density at radius 1 is 1.62 bits per heavy atom. The molecule has 8 heteroatoms. The molecule has 2 fully saturated rings. The zero-order valence-corrected chi connectivity index (χ0v) is 9.18. The van der Waals surface area contributed by atoms with E-state index >= 15 is 0 Å². The fraction of sp³-hybridized carbons (Fsp3) is 0.750. The lowest BCUT2D eigenvalue weighted by atomic mass is 9.86. The van der Waals surface area contributed by atoms with Crippen molar-refractivity contribution < 1.29 is 19.8 Å². The number of β-lactam (4-membered cyclic amide) rings is 1. The molecule has 2 aliphatic rings. The first-order chi connectivity index (χ1) is 7.44. The molecule has 1 amide bonds. The van der Waals surface area contributed by atoms with E-state index in [1.807, 2.05) is 0 Å². The van der Waals surface area contributed by atoms with Gasteiger partial charge in [-0.15, -0.1) is 11.8 Å². The summed E-state index contributed by atoms with van der Waals surface area (Å²) in [6.07, 6.45) is 0. The van der Waals surface area contributed by atoms with Gasteiger partial charge in [-0.05, 0) is 0 Å². The van der Waals surface area contributed by atoms with Gasteiger partial charge in [0.25, 0.3) is 0 Å². The van der Waals surface area contributed by atoms with Gasteiger partial charge in [0.1, 0.15) is 16.8 Å². The molecule has 0 aliphatic carbocycles.